The Morgan fingerprint density at radius 3 is 2.45 bits per heavy atom. The minimum atomic E-state index is 0.416. The maximum absolute atomic E-state index is 5.66. The first-order valence-electron chi connectivity index (χ1n) is 6.02. The molecule has 0 bridgehead atoms. The van der Waals surface area contributed by atoms with Gasteiger partial charge in [-0.3, -0.25) is 0 Å². The summed E-state index contributed by atoms with van der Waals surface area (Å²) in [5.41, 5.74) is 9.54. The summed E-state index contributed by atoms with van der Waals surface area (Å²) in [6.45, 7) is 1.99. The van der Waals surface area contributed by atoms with Crippen molar-refractivity contribution in [3.8, 4) is 5.75 Å². The van der Waals surface area contributed by atoms with Gasteiger partial charge in [0.15, 0.2) is 0 Å². The minimum Gasteiger partial charge on any atom is -0.495 e. The standard InChI is InChI=1S/C15H15BrN2OS/c1-9-7-10(3-5-12(9)15(17)20)18-11-4-6-13(16)14(8-11)19-2/h3-8,18H,1-2H3,(H2,17,20). The number of nitrogens with one attached hydrogen (secondary N) is 1. The van der Waals surface area contributed by atoms with Crippen molar-refractivity contribution in [1.82, 2.24) is 0 Å². The van der Waals surface area contributed by atoms with Crippen molar-refractivity contribution in [2.75, 3.05) is 12.4 Å². The zero-order valence-electron chi connectivity index (χ0n) is 11.2. The van der Waals surface area contributed by atoms with E-state index in [2.05, 4.69) is 21.2 Å². The highest BCUT2D eigenvalue weighted by Gasteiger charge is 2.05. The Hall–Kier alpha value is -1.59. The van der Waals surface area contributed by atoms with Gasteiger partial charge in [-0.2, -0.15) is 0 Å². The van der Waals surface area contributed by atoms with E-state index in [4.69, 9.17) is 22.7 Å². The molecule has 0 fully saturated rings. The normalized spacial score (nSPS) is 10.2. The number of nitrogens with two attached hydrogens (primary N) is 1. The number of hydrogen-bond donors (Lipinski definition) is 2. The van der Waals surface area contributed by atoms with E-state index >= 15 is 0 Å². The molecule has 2 aromatic rings. The Balaban J connectivity index is 2.26. The van der Waals surface area contributed by atoms with Gasteiger partial charge in [-0.25, -0.2) is 0 Å². The topological polar surface area (TPSA) is 47.3 Å². The Morgan fingerprint density at radius 1 is 1.20 bits per heavy atom. The molecule has 0 aliphatic heterocycles. The Bertz CT molecular complexity index is 658. The molecule has 3 N–H and O–H groups in total. The summed E-state index contributed by atoms with van der Waals surface area (Å²) < 4.78 is 6.20. The van der Waals surface area contributed by atoms with Crippen LogP contribution in [0.3, 0.4) is 0 Å². The lowest BCUT2D eigenvalue weighted by Crippen LogP contribution is -2.11. The Morgan fingerprint density at radius 2 is 1.85 bits per heavy atom. The van der Waals surface area contributed by atoms with Gasteiger partial charge in [-0.15, -0.1) is 0 Å². The van der Waals surface area contributed by atoms with Crippen molar-refractivity contribution in [3.63, 3.8) is 0 Å². The van der Waals surface area contributed by atoms with Crippen molar-refractivity contribution in [2.24, 2.45) is 5.73 Å². The second-order valence-electron chi connectivity index (χ2n) is 4.37. The number of thiocarbonyl (C=S) groups is 1. The van der Waals surface area contributed by atoms with E-state index in [9.17, 15) is 0 Å². The molecule has 0 aliphatic rings. The zero-order chi connectivity index (χ0) is 14.7. The van der Waals surface area contributed by atoms with Crippen LogP contribution in [0.1, 0.15) is 11.1 Å². The van der Waals surface area contributed by atoms with Crippen LogP contribution in [0.4, 0.5) is 11.4 Å². The summed E-state index contributed by atoms with van der Waals surface area (Å²) >= 11 is 8.44. The number of rotatable bonds is 4. The van der Waals surface area contributed by atoms with Gasteiger partial charge in [0.2, 0.25) is 0 Å². The van der Waals surface area contributed by atoms with Crippen LogP contribution in [0.25, 0.3) is 0 Å². The summed E-state index contributed by atoms with van der Waals surface area (Å²) in [7, 11) is 1.64. The van der Waals surface area contributed by atoms with Crippen molar-refractivity contribution in [2.45, 2.75) is 6.92 Å². The lowest BCUT2D eigenvalue weighted by atomic mass is 10.1. The third kappa shape index (κ3) is 3.29. The lowest BCUT2D eigenvalue weighted by Gasteiger charge is -2.11. The van der Waals surface area contributed by atoms with E-state index in [1.165, 1.54) is 0 Å². The maximum Gasteiger partial charge on any atom is 0.135 e. The van der Waals surface area contributed by atoms with E-state index in [0.717, 1.165) is 32.7 Å². The molecule has 2 aromatic carbocycles. The molecule has 0 unspecified atom stereocenters. The molecule has 0 spiro atoms. The molecule has 0 saturated carbocycles. The van der Waals surface area contributed by atoms with Gasteiger partial charge in [-0.05, 0) is 58.7 Å². The van der Waals surface area contributed by atoms with E-state index in [1.54, 1.807) is 7.11 Å². The number of ether oxygens (including phenoxy) is 1. The van der Waals surface area contributed by atoms with Gasteiger partial charge in [0, 0.05) is 23.0 Å². The predicted molar refractivity (Wildman–Crippen MR) is 91.0 cm³/mol. The lowest BCUT2D eigenvalue weighted by molar-refractivity contribution is 0.412. The van der Waals surface area contributed by atoms with Crippen molar-refractivity contribution >= 4 is 44.5 Å². The van der Waals surface area contributed by atoms with Gasteiger partial charge in [-0.1, -0.05) is 12.2 Å². The number of benzene rings is 2. The van der Waals surface area contributed by atoms with Crippen LogP contribution in [-0.2, 0) is 0 Å². The predicted octanol–water partition coefficient (Wildman–Crippen LogP) is 4.14. The summed E-state index contributed by atoms with van der Waals surface area (Å²) in [6, 6.07) is 11.7. The van der Waals surface area contributed by atoms with Gasteiger partial charge in [0.25, 0.3) is 0 Å². The number of methoxy groups -OCH3 is 1. The van der Waals surface area contributed by atoms with Gasteiger partial charge < -0.3 is 15.8 Å². The Kier molecular flexibility index (Phi) is 4.62. The third-order valence-corrected chi connectivity index (χ3v) is 3.81. The summed E-state index contributed by atoms with van der Waals surface area (Å²) in [6.07, 6.45) is 0. The molecule has 20 heavy (non-hydrogen) atoms. The molecule has 0 saturated heterocycles. The molecule has 2 rings (SSSR count). The molecule has 0 amide bonds. The van der Waals surface area contributed by atoms with E-state index in [-0.39, 0.29) is 0 Å². The van der Waals surface area contributed by atoms with E-state index < -0.39 is 0 Å². The number of aryl methyl sites for hydroxylation is 1. The molecule has 5 heteroatoms. The monoisotopic (exact) mass is 350 g/mol. The largest absolute Gasteiger partial charge is 0.495 e. The van der Waals surface area contributed by atoms with Crippen LogP contribution in [0, 0.1) is 6.92 Å². The summed E-state index contributed by atoms with van der Waals surface area (Å²) in [5.74, 6) is 0.784. The fraction of sp³-hybridized carbons (Fsp3) is 0.133. The molecule has 104 valence electrons. The highest BCUT2D eigenvalue weighted by molar-refractivity contribution is 9.10. The van der Waals surface area contributed by atoms with Crippen LogP contribution < -0.4 is 15.8 Å². The van der Waals surface area contributed by atoms with Crippen LogP contribution in [0.2, 0.25) is 0 Å². The second kappa shape index (κ2) is 6.24. The smallest absolute Gasteiger partial charge is 0.135 e. The fourth-order valence-corrected chi connectivity index (χ4v) is 2.56. The SMILES string of the molecule is COc1cc(Nc2ccc(C(N)=S)c(C)c2)ccc1Br. The van der Waals surface area contributed by atoms with Crippen molar-refractivity contribution in [3.05, 3.63) is 52.0 Å². The van der Waals surface area contributed by atoms with Crippen LogP contribution in [-0.4, -0.2) is 12.1 Å². The second-order valence-corrected chi connectivity index (χ2v) is 5.66. The number of hydrogen-bond acceptors (Lipinski definition) is 3. The average Bonchev–Trinajstić information content (AvgIpc) is 2.40. The quantitative estimate of drug-likeness (QED) is 0.813. The molecular weight excluding hydrogens is 336 g/mol. The van der Waals surface area contributed by atoms with Crippen molar-refractivity contribution in [1.29, 1.82) is 0 Å². The zero-order valence-corrected chi connectivity index (χ0v) is 13.6. The molecule has 0 aliphatic carbocycles. The number of halogens is 1. The molecule has 0 heterocycles. The van der Waals surface area contributed by atoms with E-state index in [1.807, 2.05) is 43.3 Å². The third-order valence-electron chi connectivity index (χ3n) is 2.93. The summed E-state index contributed by atoms with van der Waals surface area (Å²) in [5, 5.41) is 3.33. The summed E-state index contributed by atoms with van der Waals surface area (Å²) in [4.78, 5) is 0.416. The molecular formula is C15H15BrN2OS. The Labute approximate surface area is 132 Å². The van der Waals surface area contributed by atoms with Gasteiger partial charge >= 0.3 is 0 Å². The highest BCUT2D eigenvalue weighted by atomic mass is 79.9. The van der Waals surface area contributed by atoms with E-state index in [0.29, 0.717) is 4.99 Å². The van der Waals surface area contributed by atoms with Crippen LogP contribution in [0.5, 0.6) is 5.75 Å². The minimum absolute atomic E-state index is 0.416. The van der Waals surface area contributed by atoms with Gasteiger partial charge in [0.05, 0.1) is 11.6 Å². The first-order chi connectivity index (χ1) is 9.51. The van der Waals surface area contributed by atoms with Crippen LogP contribution >= 0.6 is 28.1 Å². The molecule has 3 nitrogen and oxygen atoms in total. The fourth-order valence-electron chi connectivity index (χ4n) is 1.92. The molecule has 0 atom stereocenters. The number of anilines is 2. The first-order valence-corrected chi connectivity index (χ1v) is 7.22. The molecule has 0 aromatic heterocycles. The maximum atomic E-state index is 5.66. The highest BCUT2D eigenvalue weighted by Crippen LogP contribution is 2.29. The first kappa shape index (κ1) is 14.8. The van der Waals surface area contributed by atoms with Crippen LogP contribution in [0.15, 0.2) is 40.9 Å². The average molecular weight is 351 g/mol. The van der Waals surface area contributed by atoms with Gasteiger partial charge in [0.1, 0.15) is 10.7 Å². The van der Waals surface area contributed by atoms with Crippen molar-refractivity contribution < 1.29 is 4.74 Å². The molecule has 0 radical (unpaired) electrons.